The lowest BCUT2D eigenvalue weighted by molar-refractivity contribution is 0.354. The van der Waals surface area contributed by atoms with Gasteiger partial charge in [-0.3, -0.25) is 9.13 Å². The number of fused-ring (bicyclic) bond motifs is 3. The van der Waals surface area contributed by atoms with E-state index in [1.54, 1.807) is 25.8 Å². The van der Waals surface area contributed by atoms with Crippen molar-refractivity contribution in [1.29, 1.82) is 0 Å². The van der Waals surface area contributed by atoms with Crippen molar-refractivity contribution in [2.24, 2.45) is 12.0 Å². The van der Waals surface area contributed by atoms with E-state index in [0.717, 1.165) is 28.1 Å². The molecule has 0 N–H and O–H groups in total. The van der Waals surface area contributed by atoms with Crippen LogP contribution in [-0.4, -0.2) is 23.4 Å². The largest absolute Gasteiger partial charge is 0.493 e. The third-order valence-corrected chi connectivity index (χ3v) is 5.59. The zero-order chi connectivity index (χ0) is 20.7. The molecule has 0 saturated heterocycles. The first kappa shape index (κ1) is 19.1. The Bertz CT molecular complexity index is 1220. The third-order valence-electron chi connectivity index (χ3n) is 5.59. The first-order valence-electron chi connectivity index (χ1n) is 9.62. The Morgan fingerprint density at radius 2 is 1.76 bits per heavy atom. The van der Waals surface area contributed by atoms with Gasteiger partial charge in [0, 0.05) is 31.1 Å². The fourth-order valence-corrected chi connectivity index (χ4v) is 3.89. The zero-order valence-corrected chi connectivity index (χ0v) is 17.4. The van der Waals surface area contributed by atoms with E-state index in [2.05, 4.69) is 6.92 Å². The molecule has 3 aromatic rings. The number of para-hydroxylation sites is 1. The first-order valence-corrected chi connectivity index (χ1v) is 9.62. The molecule has 1 aliphatic heterocycles. The van der Waals surface area contributed by atoms with Gasteiger partial charge in [-0.1, -0.05) is 25.1 Å². The highest BCUT2D eigenvalue weighted by atomic mass is 16.5. The summed E-state index contributed by atoms with van der Waals surface area (Å²) < 4.78 is 14.4. The molecule has 0 spiro atoms. The maximum Gasteiger partial charge on any atom is 0.329 e. The lowest BCUT2D eigenvalue weighted by Crippen LogP contribution is -2.41. The predicted octanol–water partition coefficient (Wildman–Crippen LogP) is 3.53. The second kappa shape index (κ2) is 7.28. The summed E-state index contributed by atoms with van der Waals surface area (Å²) in [5.74, 6) is 1.51. The molecule has 1 aliphatic rings. The van der Waals surface area contributed by atoms with Gasteiger partial charge in [-0.2, -0.15) is 0 Å². The van der Waals surface area contributed by atoms with Crippen LogP contribution >= 0.6 is 0 Å². The number of aryl methyl sites for hydroxylation is 1. The van der Waals surface area contributed by atoms with Gasteiger partial charge in [0.05, 0.1) is 25.6 Å². The average molecular weight is 391 g/mol. The van der Waals surface area contributed by atoms with Crippen LogP contribution in [0, 0.1) is 6.92 Å². The number of methoxy groups -OCH3 is 2. The second-order valence-electron chi connectivity index (χ2n) is 7.43. The Hall–Kier alpha value is -3.28. The number of benzene rings is 2. The molecule has 1 atom stereocenters. The Morgan fingerprint density at radius 3 is 2.45 bits per heavy atom. The molecule has 2 heterocycles. The standard InChI is InChI=1S/C23H25N3O3/c1-14-8-6-7-9-18(14)24-22-12-19-17-11-21(29-5)20(28-4)10-16(17)15(2)13-26(19)23(27)25(22)3/h6-12,15H,13H2,1-5H3/b24-22-. The van der Waals surface area contributed by atoms with Crippen LogP contribution in [-0.2, 0) is 13.6 Å². The van der Waals surface area contributed by atoms with Crippen LogP contribution in [0.5, 0.6) is 11.5 Å². The van der Waals surface area contributed by atoms with Crippen molar-refractivity contribution in [1.82, 2.24) is 9.13 Å². The Labute approximate surface area is 169 Å². The van der Waals surface area contributed by atoms with Crippen molar-refractivity contribution in [2.45, 2.75) is 26.3 Å². The SMILES string of the molecule is COc1cc2c(cc1OC)C(C)Cn1c-2c/c(=N/c2ccccc2C)n(C)c1=O. The van der Waals surface area contributed by atoms with E-state index in [0.29, 0.717) is 23.5 Å². The fourth-order valence-electron chi connectivity index (χ4n) is 3.89. The van der Waals surface area contributed by atoms with Gasteiger partial charge in [-0.05, 0) is 36.2 Å². The molecule has 0 fully saturated rings. The molecule has 0 amide bonds. The molecule has 0 aliphatic carbocycles. The van der Waals surface area contributed by atoms with Crippen LogP contribution in [0.4, 0.5) is 5.69 Å². The second-order valence-corrected chi connectivity index (χ2v) is 7.43. The van der Waals surface area contributed by atoms with E-state index in [1.165, 1.54) is 0 Å². The Balaban J connectivity index is 2.02. The van der Waals surface area contributed by atoms with Gasteiger partial charge in [0.2, 0.25) is 0 Å². The van der Waals surface area contributed by atoms with E-state index in [4.69, 9.17) is 14.5 Å². The Kier molecular flexibility index (Phi) is 4.78. The van der Waals surface area contributed by atoms with E-state index in [-0.39, 0.29) is 11.6 Å². The lowest BCUT2D eigenvalue weighted by Gasteiger charge is -2.28. The highest BCUT2D eigenvalue weighted by Gasteiger charge is 2.26. The van der Waals surface area contributed by atoms with Gasteiger partial charge in [-0.25, -0.2) is 9.79 Å². The molecule has 1 unspecified atom stereocenters. The minimum atomic E-state index is -0.0814. The summed E-state index contributed by atoms with van der Waals surface area (Å²) in [7, 11) is 5.02. The van der Waals surface area contributed by atoms with Crippen molar-refractivity contribution in [3.05, 3.63) is 69.6 Å². The van der Waals surface area contributed by atoms with E-state index in [9.17, 15) is 4.79 Å². The van der Waals surface area contributed by atoms with Crippen LogP contribution in [0.1, 0.15) is 24.0 Å². The first-order chi connectivity index (χ1) is 13.9. The number of ether oxygens (including phenoxy) is 2. The Morgan fingerprint density at radius 1 is 1.07 bits per heavy atom. The zero-order valence-electron chi connectivity index (χ0n) is 17.4. The smallest absolute Gasteiger partial charge is 0.329 e. The van der Waals surface area contributed by atoms with Crippen molar-refractivity contribution < 1.29 is 9.47 Å². The molecule has 6 heteroatoms. The molecule has 1 aromatic heterocycles. The number of hydrogen-bond donors (Lipinski definition) is 0. The lowest BCUT2D eigenvalue weighted by atomic mass is 9.89. The summed E-state index contributed by atoms with van der Waals surface area (Å²) in [6, 6.07) is 13.8. The predicted molar refractivity (Wildman–Crippen MR) is 113 cm³/mol. The van der Waals surface area contributed by atoms with Crippen LogP contribution in [0.2, 0.25) is 0 Å². The summed E-state index contributed by atoms with van der Waals surface area (Å²) in [6.45, 7) is 4.74. The van der Waals surface area contributed by atoms with Crippen LogP contribution < -0.4 is 20.7 Å². The molecular formula is C23H25N3O3. The molecule has 4 rings (SSSR count). The molecule has 0 radical (unpaired) electrons. The fraction of sp³-hybridized carbons (Fsp3) is 0.304. The molecule has 0 bridgehead atoms. The number of rotatable bonds is 3. The summed E-state index contributed by atoms with van der Waals surface area (Å²) >= 11 is 0. The van der Waals surface area contributed by atoms with E-state index < -0.39 is 0 Å². The maximum atomic E-state index is 13.2. The molecule has 150 valence electrons. The maximum absolute atomic E-state index is 13.2. The molecular weight excluding hydrogens is 366 g/mol. The van der Waals surface area contributed by atoms with Crippen molar-refractivity contribution in [2.75, 3.05) is 14.2 Å². The van der Waals surface area contributed by atoms with Gasteiger partial charge in [-0.15, -0.1) is 0 Å². The number of hydrogen-bond acceptors (Lipinski definition) is 4. The third kappa shape index (κ3) is 3.14. The summed E-state index contributed by atoms with van der Waals surface area (Å²) in [6.07, 6.45) is 0. The molecule has 2 aromatic carbocycles. The minimum absolute atomic E-state index is 0.0814. The molecule has 0 saturated carbocycles. The van der Waals surface area contributed by atoms with Crippen molar-refractivity contribution >= 4 is 5.69 Å². The quantitative estimate of drug-likeness (QED) is 0.686. The number of nitrogens with zero attached hydrogens (tertiary/aromatic N) is 3. The van der Waals surface area contributed by atoms with Gasteiger partial charge in [0.1, 0.15) is 5.49 Å². The normalized spacial score (nSPS) is 15.6. The topological polar surface area (TPSA) is 57.8 Å². The highest BCUT2D eigenvalue weighted by Crippen LogP contribution is 2.41. The van der Waals surface area contributed by atoms with Gasteiger partial charge < -0.3 is 9.47 Å². The monoisotopic (exact) mass is 391 g/mol. The summed E-state index contributed by atoms with van der Waals surface area (Å²) in [5, 5.41) is 0. The van der Waals surface area contributed by atoms with Crippen LogP contribution in [0.15, 0.2) is 52.3 Å². The van der Waals surface area contributed by atoms with Crippen LogP contribution in [0.3, 0.4) is 0 Å². The van der Waals surface area contributed by atoms with Crippen molar-refractivity contribution in [3.63, 3.8) is 0 Å². The average Bonchev–Trinajstić information content (AvgIpc) is 2.73. The summed E-state index contributed by atoms with van der Waals surface area (Å²) in [5.41, 5.74) is 5.40. The van der Waals surface area contributed by atoms with Crippen LogP contribution in [0.25, 0.3) is 11.3 Å². The highest BCUT2D eigenvalue weighted by molar-refractivity contribution is 5.71. The van der Waals surface area contributed by atoms with Gasteiger partial charge in [0.25, 0.3) is 0 Å². The van der Waals surface area contributed by atoms with Gasteiger partial charge >= 0.3 is 5.69 Å². The molecule has 29 heavy (non-hydrogen) atoms. The van der Waals surface area contributed by atoms with Crippen molar-refractivity contribution in [3.8, 4) is 22.8 Å². The van der Waals surface area contributed by atoms with E-state index >= 15 is 0 Å². The number of aromatic nitrogens is 2. The van der Waals surface area contributed by atoms with E-state index in [1.807, 2.05) is 54.0 Å². The van der Waals surface area contributed by atoms with Gasteiger partial charge in [0.15, 0.2) is 11.5 Å². The summed E-state index contributed by atoms with van der Waals surface area (Å²) in [4.78, 5) is 17.9. The molecule has 6 nitrogen and oxygen atoms in total. The minimum Gasteiger partial charge on any atom is -0.493 e.